The molecule has 508 valence electrons. The van der Waals surface area contributed by atoms with Crippen molar-refractivity contribution in [2.24, 2.45) is 16.2 Å². The van der Waals surface area contributed by atoms with Crippen LogP contribution in [0.4, 0.5) is 0 Å². The Morgan fingerprint density at radius 3 is 0.849 bits per heavy atom. The molecule has 2 aromatic carbocycles. The number of rotatable bonds is 56. The van der Waals surface area contributed by atoms with Gasteiger partial charge in [-0.25, -0.2) is 0 Å². The van der Waals surface area contributed by atoms with Gasteiger partial charge in [-0.05, 0) is 153 Å². The van der Waals surface area contributed by atoms with E-state index in [1.54, 1.807) is 36.4 Å². The number of benzene rings is 2. The van der Waals surface area contributed by atoms with Crippen molar-refractivity contribution in [3.05, 3.63) is 161 Å². The molecule has 0 aromatic heterocycles. The minimum absolute atomic E-state index is 0.00849. The second kappa shape index (κ2) is 42.5. The molecule has 2 unspecified atom stereocenters. The largest absolute Gasteiger partial charge is 0.465 e. The summed E-state index contributed by atoms with van der Waals surface area (Å²) in [7, 11) is 7.52. The molecule has 0 fully saturated rings. The third-order valence-corrected chi connectivity index (χ3v) is 19.6. The summed E-state index contributed by atoms with van der Waals surface area (Å²) in [5.74, 6) is -2.23. The molecule has 0 saturated carbocycles. The lowest BCUT2D eigenvalue weighted by Crippen LogP contribution is -2.50. The van der Waals surface area contributed by atoms with Gasteiger partial charge in [0.1, 0.15) is 0 Å². The van der Waals surface area contributed by atoms with Crippen LogP contribution in [0.2, 0.25) is 0 Å². The predicted octanol–water partition coefficient (Wildman–Crippen LogP) is 13.6. The van der Waals surface area contributed by atoms with Crippen LogP contribution >= 0.6 is 23.5 Å². The SMILES string of the molecule is C=CCC(CC)(C(=O)c1ccc(SCCC(=O)OCC(CCC(=O)C=C)(CCC(=O)C=C)COCC(CCC(=O)C=C)(CCC(=O)C=C)COCC(CCC(=O)C=C)(CCC(=O)C=C)COC(=O)CCSc2ccc(C(=O)C(CC)(CC=C)N(C)C)cc2)cc1)N(C)C. The van der Waals surface area contributed by atoms with Gasteiger partial charge >= 0.3 is 11.9 Å². The van der Waals surface area contributed by atoms with Crippen molar-refractivity contribution in [2.45, 2.75) is 150 Å². The van der Waals surface area contributed by atoms with Gasteiger partial charge < -0.3 is 18.9 Å². The Bertz CT molecular complexity index is 2680. The molecular weight excluding hydrogens is 1220 g/mol. The fourth-order valence-electron chi connectivity index (χ4n) is 11.0. The molecule has 18 heteroatoms. The van der Waals surface area contributed by atoms with Gasteiger partial charge in [0.15, 0.2) is 46.3 Å². The maximum Gasteiger partial charge on any atom is 0.306 e. The lowest BCUT2D eigenvalue weighted by atomic mass is 9.77. The van der Waals surface area contributed by atoms with Gasteiger partial charge in [-0.15, -0.1) is 36.7 Å². The molecule has 93 heavy (non-hydrogen) atoms. The molecule has 0 bridgehead atoms. The molecule has 0 aliphatic heterocycles. The molecule has 2 atom stereocenters. The maximum absolute atomic E-state index is 13.8. The molecule has 0 amide bonds. The van der Waals surface area contributed by atoms with Crippen molar-refractivity contribution in [1.29, 1.82) is 0 Å². The highest BCUT2D eigenvalue weighted by molar-refractivity contribution is 7.99. The number of ether oxygens (including phenoxy) is 4. The molecule has 0 aliphatic carbocycles. The van der Waals surface area contributed by atoms with Gasteiger partial charge in [-0.3, -0.25) is 57.7 Å². The Morgan fingerprint density at radius 1 is 0.387 bits per heavy atom. The van der Waals surface area contributed by atoms with E-state index in [2.05, 4.69) is 52.6 Å². The van der Waals surface area contributed by atoms with E-state index in [0.717, 1.165) is 9.79 Å². The molecule has 0 saturated heterocycles. The van der Waals surface area contributed by atoms with E-state index < -0.39 is 39.3 Å². The number of nitrogens with zero attached hydrogens (tertiary/aromatic N) is 2. The highest BCUT2D eigenvalue weighted by atomic mass is 32.2. The second-order valence-corrected chi connectivity index (χ2v) is 26.6. The van der Waals surface area contributed by atoms with Gasteiger partial charge in [0.05, 0.1) is 63.6 Å². The molecule has 16 nitrogen and oxygen atoms in total. The molecule has 2 rings (SSSR count). The van der Waals surface area contributed by atoms with Crippen LogP contribution in [0.1, 0.15) is 150 Å². The fraction of sp³-hybridized carbons (Fsp3) is 0.493. The Labute approximate surface area is 562 Å². The summed E-state index contributed by atoms with van der Waals surface area (Å²) in [4.78, 5) is 138. The number of esters is 2. The zero-order chi connectivity index (χ0) is 69.7. The summed E-state index contributed by atoms with van der Waals surface area (Å²) in [5.41, 5.74) is -3.75. The summed E-state index contributed by atoms with van der Waals surface area (Å²) in [6.45, 7) is 32.4. The Hall–Kier alpha value is -6.80. The predicted molar refractivity (Wildman–Crippen MR) is 373 cm³/mol. The standard InChI is InChI=1S/C75H102N2O14S2/c1-15-41-74(23-9,76(11)12)69(86)57-25-29-65(30-26-57)92-49-39-67(84)90-55-72(45-35-61(80)19-5,46-36-62(81)20-6)53-88-51-71(43-33-59(78)17-3,44-34-60(79)18-4)52-89-54-73(47-37-63(82)21-7,48-38-64(83)22-8)56-91-68(85)40-50-93-66-31-27-58(28-32-66)70(87)75(24-10,42-16-2)77(13)14/h15-22,25-32H,1-8,23-24,33-56H2,9-14H3. The minimum atomic E-state index is -1.13. The van der Waals surface area contributed by atoms with Crippen molar-refractivity contribution >= 4 is 81.7 Å². The third-order valence-electron chi connectivity index (χ3n) is 17.6. The van der Waals surface area contributed by atoms with E-state index >= 15 is 0 Å². The van der Waals surface area contributed by atoms with Crippen LogP contribution < -0.4 is 0 Å². The monoisotopic (exact) mass is 1320 g/mol. The summed E-state index contributed by atoms with van der Waals surface area (Å²) in [6.07, 6.45) is 13.2. The highest BCUT2D eigenvalue weighted by Crippen LogP contribution is 2.39. The van der Waals surface area contributed by atoms with Gasteiger partial charge in [0.2, 0.25) is 0 Å². The zero-order valence-electron chi connectivity index (χ0n) is 56.2. The van der Waals surface area contributed by atoms with E-state index in [9.17, 15) is 47.9 Å². The third kappa shape index (κ3) is 27.2. The zero-order valence-corrected chi connectivity index (χ0v) is 57.8. The smallest absolute Gasteiger partial charge is 0.306 e. The first kappa shape index (κ1) is 82.3. The van der Waals surface area contributed by atoms with E-state index in [0.29, 0.717) is 48.3 Å². The van der Waals surface area contributed by atoms with E-state index in [1.807, 2.05) is 76.1 Å². The number of Topliss-reactive ketones (excluding diaryl/α,β-unsaturated/α-hetero) is 2. The van der Waals surface area contributed by atoms with Crippen LogP contribution in [0.3, 0.4) is 0 Å². The number of ketones is 8. The molecular formula is C75H102N2O14S2. The molecule has 0 radical (unpaired) electrons. The van der Waals surface area contributed by atoms with Crippen LogP contribution in [0.5, 0.6) is 0 Å². The second-order valence-electron chi connectivity index (χ2n) is 24.3. The van der Waals surface area contributed by atoms with Gasteiger partial charge in [0.25, 0.3) is 0 Å². The van der Waals surface area contributed by atoms with Crippen LogP contribution in [0, 0.1) is 16.2 Å². The van der Waals surface area contributed by atoms with Crippen LogP contribution in [0.15, 0.2) is 160 Å². The normalized spacial score (nSPS) is 12.9. The minimum Gasteiger partial charge on any atom is -0.465 e. The Balaban J connectivity index is 2.54. The maximum atomic E-state index is 13.8. The van der Waals surface area contributed by atoms with Crippen LogP contribution in [-0.2, 0) is 57.3 Å². The number of likely N-dealkylation sites (N-methyl/N-ethyl adjacent to an activating group) is 2. The van der Waals surface area contributed by atoms with Crippen molar-refractivity contribution in [2.75, 3.05) is 79.3 Å². The summed E-state index contributed by atoms with van der Waals surface area (Å²) in [6, 6.07) is 14.5. The van der Waals surface area contributed by atoms with Crippen molar-refractivity contribution < 1.29 is 66.9 Å². The van der Waals surface area contributed by atoms with Crippen molar-refractivity contribution in [1.82, 2.24) is 9.80 Å². The number of carbonyl (C=O) groups is 10. The summed E-state index contributed by atoms with van der Waals surface area (Å²) >= 11 is 2.82. The topological polar surface area (TPSA) is 214 Å². The first-order chi connectivity index (χ1) is 44.2. The van der Waals surface area contributed by atoms with Gasteiger partial charge in [0, 0.05) is 87.2 Å². The van der Waals surface area contributed by atoms with Crippen molar-refractivity contribution in [3.8, 4) is 0 Å². The van der Waals surface area contributed by atoms with E-state index in [-0.39, 0.29) is 176 Å². The summed E-state index contributed by atoms with van der Waals surface area (Å²) in [5, 5.41) is 0. The number of thioether (sulfide) groups is 2. The first-order valence-electron chi connectivity index (χ1n) is 31.8. The number of allylic oxidation sites excluding steroid dienone is 6. The van der Waals surface area contributed by atoms with Crippen LogP contribution in [0.25, 0.3) is 0 Å². The van der Waals surface area contributed by atoms with Gasteiger partial charge in [-0.2, -0.15) is 0 Å². The number of carbonyl (C=O) groups excluding carboxylic acids is 10. The molecule has 2 aromatic rings. The Morgan fingerprint density at radius 2 is 0.634 bits per heavy atom. The molecule has 0 heterocycles. The average molecular weight is 1320 g/mol. The molecule has 0 spiro atoms. The van der Waals surface area contributed by atoms with Gasteiger partial charge in [-0.1, -0.05) is 89.7 Å². The average Bonchev–Trinajstić information content (AvgIpc) is 0.846. The molecule has 0 N–H and O–H groups in total. The lowest BCUT2D eigenvalue weighted by molar-refractivity contribution is -0.150. The highest BCUT2D eigenvalue weighted by Gasteiger charge is 2.42. The number of hydrogen-bond acceptors (Lipinski definition) is 18. The van der Waals surface area contributed by atoms with E-state index in [1.165, 1.54) is 60.0 Å². The number of hydrogen-bond donors (Lipinski definition) is 0. The first-order valence-corrected chi connectivity index (χ1v) is 33.7. The Kier molecular flexibility index (Phi) is 37.6. The van der Waals surface area contributed by atoms with Crippen LogP contribution in [-0.4, -0.2) is 158 Å². The summed E-state index contributed by atoms with van der Waals surface area (Å²) < 4.78 is 25.4. The lowest BCUT2D eigenvalue weighted by Gasteiger charge is -2.39. The fourth-order valence-corrected chi connectivity index (χ4v) is 12.7. The quantitative estimate of drug-likeness (QED) is 0.0198. The van der Waals surface area contributed by atoms with Crippen molar-refractivity contribution in [3.63, 3.8) is 0 Å². The molecule has 0 aliphatic rings. The van der Waals surface area contributed by atoms with E-state index in [4.69, 9.17) is 18.9 Å².